The van der Waals surface area contributed by atoms with Crippen molar-refractivity contribution in [3.8, 4) is 17.2 Å². The quantitative estimate of drug-likeness (QED) is 0.503. The van der Waals surface area contributed by atoms with Crippen molar-refractivity contribution in [3.05, 3.63) is 64.0 Å². The number of amides is 2. The molecule has 0 atom stereocenters. The highest BCUT2D eigenvalue weighted by Gasteiger charge is 2.27. The van der Waals surface area contributed by atoms with Crippen LogP contribution in [-0.2, 0) is 24.1 Å². The molecule has 0 unspecified atom stereocenters. The van der Waals surface area contributed by atoms with Gasteiger partial charge < -0.3 is 24.8 Å². The molecule has 1 aliphatic rings. The van der Waals surface area contributed by atoms with Gasteiger partial charge in [-0.15, -0.1) is 11.3 Å². The number of hydrogen-bond acceptors (Lipinski definition) is 6. The first-order valence-corrected chi connectivity index (χ1v) is 11.4. The number of rotatable bonds is 8. The van der Waals surface area contributed by atoms with E-state index in [9.17, 15) is 9.59 Å². The van der Waals surface area contributed by atoms with Gasteiger partial charge in [-0.2, -0.15) is 0 Å². The number of anilines is 2. The lowest BCUT2D eigenvalue weighted by Gasteiger charge is -2.11. The molecule has 0 saturated carbocycles. The molecule has 2 amide bonds. The van der Waals surface area contributed by atoms with Crippen molar-refractivity contribution in [2.24, 2.45) is 0 Å². The summed E-state index contributed by atoms with van der Waals surface area (Å²) in [4.78, 5) is 27.2. The first-order chi connectivity index (χ1) is 16.0. The van der Waals surface area contributed by atoms with Crippen LogP contribution in [0.2, 0.25) is 0 Å². The number of hydrogen-bond donors (Lipinski definition) is 2. The molecule has 1 aliphatic carbocycles. The summed E-state index contributed by atoms with van der Waals surface area (Å²) in [6.07, 6.45) is 2.93. The lowest BCUT2D eigenvalue weighted by atomic mass is 10.1. The maximum atomic E-state index is 13.2. The lowest BCUT2D eigenvalue weighted by molar-refractivity contribution is -0.115. The molecule has 0 radical (unpaired) electrons. The van der Waals surface area contributed by atoms with E-state index in [0.717, 1.165) is 35.3 Å². The lowest BCUT2D eigenvalue weighted by Crippen LogP contribution is -2.19. The predicted molar refractivity (Wildman–Crippen MR) is 129 cm³/mol. The maximum absolute atomic E-state index is 13.2. The van der Waals surface area contributed by atoms with Gasteiger partial charge in [-0.25, -0.2) is 0 Å². The molecule has 3 aromatic rings. The van der Waals surface area contributed by atoms with E-state index in [1.807, 2.05) is 6.07 Å². The number of fused-ring (bicyclic) bond motifs is 1. The summed E-state index contributed by atoms with van der Waals surface area (Å²) in [6, 6.07) is 12.5. The van der Waals surface area contributed by atoms with Gasteiger partial charge in [0.05, 0.1) is 33.3 Å². The number of methoxy groups -OCH3 is 3. The minimum atomic E-state index is -0.221. The fourth-order valence-corrected chi connectivity index (χ4v) is 5.25. The molecule has 0 spiro atoms. The van der Waals surface area contributed by atoms with E-state index in [1.54, 1.807) is 57.7 Å². The Morgan fingerprint density at radius 3 is 2.36 bits per heavy atom. The zero-order valence-electron chi connectivity index (χ0n) is 18.8. The SMILES string of the molecule is COc1ccc(NC(=O)c2c(NC(=O)Cc3ccc(OC)c(OC)c3)sc3c2CCC3)cc1. The van der Waals surface area contributed by atoms with Crippen LogP contribution in [0, 0.1) is 0 Å². The molecule has 8 heteroatoms. The van der Waals surface area contributed by atoms with Crippen molar-refractivity contribution in [2.75, 3.05) is 32.0 Å². The van der Waals surface area contributed by atoms with Crippen molar-refractivity contribution in [1.29, 1.82) is 0 Å². The Hall–Kier alpha value is -3.52. The third kappa shape index (κ3) is 4.96. The molecule has 1 heterocycles. The van der Waals surface area contributed by atoms with Crippen LogP contribution in [0.15, 0.2) is 42.5 Å². The Bertz CT molecular complexity index is 1170. The van der Waals surface area contributed by atoms with E-state index < -0.39 is 0 Å². The number of carbonyl (C=O) groups is 2. The molecule has 0 saturated heterocycles. The summed E-state index contributed by atoms with van der Waals surface area (Å²) < 4.78 is 15.8. The standard InChI is InChI=1S/C25H26N2O5S/c1-30-17-10-8-16(9-11-17)26-24(29)23-18-5-4-6-21(18)33-25(23)27-22(28)14-15-7-12-19(31-2)20(13-15)32-3/h7-13H,4-6,14H2,1-3H3,(H,26,29)(H,27,28). The monoisotopic (exact) mass is 466 g/mol. The topological polar surface area (TPSA) is 85.9 Å². The van der Waals surface area contributed by atoms with Crippen molar-refractivity contribution < 1.29 is 23.8 Å². The van der Waals surface area contributed by atoms with Crippen molar-refractivity contribution in [3.63, 3.8) is 0 Å². The van der Waals surface area contributed by atoms with Gasteiger partial charge in [0.15, 0.2) is 11.5 Å². The second kappa shape index (κ2) is 9.95. The number of thiophene rings is 1. The summed E-state index contributed by atoms with van der Waals surface area (Å²) in [6.45, 7) is 0. The molecule has 2 aromatic carbocycles. The summed E-state index contributed by atoms with van der Waals surface area (Å²) in [5.41, 5.74) is 3.05. The fraction of sp³-hybridized carbons (Fsp3) is 0.280. The number of benzene rings is 2. The van der Waals surface area contributed by atoms with Gasteiger partial charge in [-0.05, 0) is 66.8 Å². The zero-order valence-corrected chi connectivity index (χ0v) is 19.6. The van der Waals surface area contributed by atoms with Crippen LogP contribution in [0.1, 0.15) is 32.8 Å². The van der Waals surface area contributed by atoms with Gasteiger partial charge in [0.2, 0.25) is 5.91 Å². The summed E-state index contributed by atoms with van der Waals surface area (Å²) in [5.74, 6) is 1.47. The number of aryl methyl sites for hydroxylation is 1. The summed E-state index contributed by atoms with van der Waals surface area (Å²) in [5, 5.41) is 6.51. The van der Waals surface area contributed by atoms with E-state index >= 15 is 0 Å². The van der Waals surface area contributed by atoms with Gasteiger partial charge in [0, 0.05) is 10.6 Å². The van der Waals surface area contributed by atoms with E-state index in [4.69, 9.17) is 14.2 Å². The Morgan fingerprint density at radius 1 is 0.909 bits per heavy atom. The van der Waals surface area contributed by atoms with Crippen LogP contribution in [0.5, 0.6) is 17.2 Å². The summed E-state index contributed by atoms with van der Waals surface area (Å²) >= 11 is 1.49. The van der Waals surface area contributed by atoms with Gasteiger partial charge in [-0.1, -0.05) is 6.07 Å². The molecule has 0 fully saturated rings. The largest absolute Gasteiger partial charge is 0.497 e. The van der Waals surface area contributed by atoms with Gasteiger partial charge in [-0.3, -0.25) is 9.59 Å². The van der Waals surface area contributed by atoms with Crippen LogP contribution < -0.4 is 24.8 Å². The van der Waals surface area contributed by atoms with Crippen LogP contribution in [0.25, 0.3) is 0 Å². The normalized spacial score (nSPS) is 12.1. The van der Waals surface area contributed by atoms with Gasteiger partial charge in [0.1, 0.15) is 10.8 Å². The average Bonchev–Trinajstić information content (AvgIpc) is 3.40. The van der Waals surface area contributed by atoms with E-state index in [1.165, 1.54) is 11.3 Å². The molecule has 1 aromatic heterocycles. The molecule has 0 bridgehead atoms. The van der Waals surface area contributed by atoms with Crippen molar-refractivity contribution >= 4 is 33.8 Å². The molecular formula is C25H26N2O5S. The molecular weight excluding hydrogens is 440 g/mol. The Morgan fingerprint density at radius 2 is 1.67 bits per heavy atom. The predicted octanol–water partition coefficient (Wildman–Crippen LogP) is 4.70. The molecule has 2 N–H and O–H groups in total. The Balaban J connectivity index is 1.52. The van der Waals surface area contributed by atoms with Crippen LogP contribution in [0.4, 0.5) is 10.7 Å². The second-order valence-electron chi connectivity index (χ2n) is 7.66. The van der Waals surface area contributed by atoms with Gasteiger partial charge in [0.25, 0.3) is 5.91 Å². The molecule has 7 nitrogen and oxygen atoms in total. The third-order valence-electron chi connectivity index (χ3n) is 5.56. The molecule has 4 rings (SSSR count). The number of nitrogens with one attached hydrogen (secondary N) is 2. The van der Waals surface area contributed by atoms with Crippen molar-refractivity contribution in [1.82, 2.24) is 0 Å². The molecule has 33 heavy (non-hydrogen) atoms. The maximum Gasteiger partial charge on any atom is 0.258 e. The first-order valence-electron chi connectivity index (χ1n) is 10.6. The minimum absolute atomic E-state index is 0.155. The Kier molecular flexibility index (Phi) is 6.84. The van der Waals surface area contributed by atoms with Crippen molar-refractivity contribution in [2.45, 2.75) is 25.7 Å². The van der Waals surface area contributed by atoms with E-state index in [-0.39, 0.29) is 18.2 Å². The highest BCUT2D eigenvalue weighted by Crippen LogP contribution is 2.39. The zero-order chi connectivity index (χ0) is 23.4. The van der Waals surface area contributed by atoms with E-state index in [2.05, 4.69) is 10.6 Å². The number of ether oxygens (including phenoxy) is 3. The average molecular weight is 467 g/mol. The highest BCUT2D eigenvalue weighted by molar-refractivity contribution is 7.17. The number of carbonyl (C=O) groups excluding carboxylic acids is 2. The van der Waals surface area contributed by atoms with Crippen LogP contribution in [-0.4, -0.2) is 33.1 Å². The van der Waals surface area contributed by atoms with E-state index in [0.29, 0.717) is 33.5 Å². The molecule has 172 valence electrons. The van der Waals surface area contributed by atoms with Crippen LogP contribution in [0.3, 0.4) is 0 Å². The second-order valence-corrected chi connectivity index (χ2v) is 8.76. The highest BCUT2D eigenvalue weighted by atomic mass is 32.1. The summed E-state index contributed by atoms with van der Waals surface area (Å²) in [7, 11) is 4.72. The third-order valence-corrected chi connectivity index (χ3v) is 6.77. The molecule has 0 aliphatic heterocycles. The fourth-order valence-electron chi connectivity index (χ4n) is 3.95. The van der Waals surface area contributed by atoms with Crippen LogP contribution >= 0.6 is 11.3 Å². The first kappa shape index (κ1) is 22.7. The minimum Gasteiger partial charge on any atom is -0.497 e. The van der Waals surface area contributed by atoms with Gasteiger partial charge >= 0.3 is 0 Å². The smallest absolute Gasteiger partial charge is 0.258 e. The Labute approximate surface area is 196 Å².